The van der Waals surface area contributed by atoms with Crippen LogP contribution in [-0.2, 0) is 7.05 Å². The lowest BCUT2D eigenvalue weighted by atomic mass is 10.1. The molecule has 2 nitrogen and oxygen atoms in total. The van der Waals surface area contributed by atoms with Gasteiger partial charge in [-0.25, -0.2) is 0 Å². The lowest BCUT2D eigenvalue weighted by Crippen LogP contribution is -1.88. The monoisotopic (exact) mass is 175 g/mol. The van der Waals surface area contributed by atoms with Crippen LogP contribution in [0.3, 0.4) is 0 Å². The number of aliphatic hydroxyl groups excluding tert-OH is 1. The molecule has 0 spiro atoms. The molecule has 0 aliphatic heterocycles. The molecule has 0 amide bonds. The lowest BCUT2D eigenvalue weighted by Gasteiger charge is -2.00. The first-order valence-corrected chi connectivity index (χ1v) is 4.42. The van der Waals surface area contributed by atoms with Crippen molar-refractivity contribution in [3.63, 3.8) is 0 Å². The highest BCUT2D eigenvalue weighted by molar-refractivity contribution is 5.84. The van der Waals surface area contributed by atoms with Gasteiger partial charge in [0.05, 0.1) is 6.10 Å². The molecule has 1 aromatic heterocycles. The third kappa shape index (κ3) is 1.23. The molecule has 1 aromatic carbocycles. The zero-order chi connectivity index (χ0) is 9.42. The highest BCUT2D eigenvalue weighted by Crippen LogP contribution is 2.25. The second-order valence-electron chi connectivity index (χ2n) is 3.39. The summed E-state index contributed by atoms with van der Waals surface area (Å²) in [6, 6.07) is 8.10. The van der Waals surface area contributed by atoms with Crippen molar-refractivity contribution in [2.45, 2.75) is 13.0 Å². The van der Waals surface area contributed by atoms with E-state index in [9.17, 15) is 5.11 Å². The van der Waals surface area contributed by atoms with Crippen LogP contribution in [0.4, 0.5) is 0 Å². The number of rotatable bonds is 1. The number of aryl methyl sites for hydroxylation is 1. The van der Waals surface area contributed by atoms with Crippen molar-refractivity contribution in [1.29, 1.82) is 0 Å². The van der Waals surface area contributed by atoms with E-state index in [4.69, 9.17) is 0 Å². The molecule has 0 fully saturated rings. The number of fused-ring (bicyclic) bond motifs is 1. The maximum Gasteiger partial charge on any atom is 0.0782 e. The van der Waals surface area contributed by atoms with Gasteiger partial charge in [0.1, 0.15) is 0 Å². The van der Waals surface area contributed by atoms with Gasteiger partial charge in [0.15, 0.2) is 0 Å². The van der Waals surface area contributed by atoms with Gasteiger partial charge in [-0.15, -0.1) is 0 Å². The summed E-state index contributed by atoms with van der Waals surface area (Å²) in [5.41, 5.74) is 2.16. The Bertz CT molecular complexity index is 429. The summed E-state index contributed by atoms with van der Waals surface area (Å²) in [6.07, 6.45) is 1.58. The van der Waals surface area contributed by atoms with Gasteiger partial charge in [0, 0.05) is 29.7 Å². The van der Waals surface area contributed by atoms with Crippen LogP contribution in [0.1, 0.15) is 18.6 Å². The zero-order valence-electron chi connectivity index (χ0n) is 7.86. The van der Waals surface area contributed by atoms with E-state index >= 15 is 0 Å². The van der Waals surface area contributed by atoms with Gasteiger partial charge in [0.2, 0.25) is 0 Å². The van der Waals surface area contributed by atoms with Gasteiger partial charge >= 0.3 is 0 Å². The summed E-state index contributed by atoms with van der Waals surface area (Å²) in [5.74, 6) is 0. The Morgan fingerprint density at radius 3 is 2.69 bits per heavy atom. The Kier molecular flexibility index (Phi) is 1.85. The van der Waals surface area contributed by atoms with Gasteiger partial charge < -0.3 is 9.67 Å². The second kappa shape index (κ2) is 2.89. The molecule has 0 unspecified atom stereocenters. The molecule has 0 bridgehead atoms. The van der Waals surface area contributed by atoms with E-state index in [2.05, 4.69) is 6.07 Å². The Hall–Kier alpha value is -1.28. The first kappa shape index (κ1) is 8.32. The summed E-state index contributed by atoms with van der Waals surface area (Å²) in [6.45, 7) is 1.79. The lowest BCUT2D eigenvalue weighted by molar-refractivity contribution is 0.200. The summed E-state index contributed by atoms with van der Waals surface area (Å²) in [7, 11) is 1.99. The number of nitrogens with zero attached hydrogens (tertiary/aromatic N) is 1. The first-order valence-electron chi connectivity index (χ1n) is 4.42. The highest BCUT2D eigenvalue weighted by Gasteiger charge is 2.09. The number of aromatic nitrogens is 1. The zero-order valence-corrected chi connectivity index (χ0v) is 7.86. The fraction of sp³-hybridized carbons (Fsp3) is 0.273. The van der Waals surface area contributed by atoms with Crippen molar-refractivity contribution in [1.82, 2.24) is 4.57 Å². The van der Waals surface area contributed by atoms with E-state index in [-0.39, 0.29) is 0 Å². The minimum atomic E-state index is -0.397. The largest absolute Gasteiger partial charge is 0.389 e. The normalized spacial score (nSPS) is 13.5. The SMILES string of the molecule is C[C@@H](O)c1cn(C)c2ccccc12. The van der Waals surface area contributed by atoms with E-state index < -0.39 is 6.10 Å². The molecular weight excluding hydrogens is 162 g/mol. The summed E-state index contributed by atoms with van der Waals surface area (Å²) in [4.78, 5) is 0. The fourth-order valence-electron chi connectivity index (χ4n) is 1.71. The van der Waals surface area contributed by atoms with Crippen LogP contribution in [0.2, 0.25) is 0 Å². The first-order chi connectivity index (χ1) is 6.20. The maximum atomic E-state index is 9.52. The Labute approximate surface area is 77.4 Å². The average Bonchev–Trinajstić information content (AvgIpc) is 2.45. The minimum Gasteiger partial charge on any atom is -0.389 e. The maximum absolute atomic E-state index is 9.52. The van der Waals surface area contributed by atoms with Crippen LogP contribution in [0.25, 0.3) is 10.9 Å². The number of para-hydroxylation sites is 1. The van der Waals surface area contributed by atoms with Crippen molar-refractivity contribution >= 4 is 10.9 Å². The van der Waals surface area contributed by atoms with Crippen LogP contribution in [-0.4, -0.2) is 9.67 Å². The minimum absolute atomic E-state index is 0.397. The molecule has 0 saturated heterocycles. The number of hydrogen-bond acceptors (Lipinski definition) is 1. The van der Waals surface area contributed by atoms with Crippen molar-refractivity contribution in [2.24, 2.45) is 7.05 Å². The summed E-state index contributed by atoms with van der Waals surface area (Å²) >= 11 is 0. The van der Waals surface area contributed by atoms with Gasteiger partial charge in [-0.1, -0.05) is 18.2 Å². The Morgan fingerprint density at radius 1 is 1.31 bits per heavy atom. The van der Waals surface area contributed by atoms with E-state index in [1.807, 2.05) is 36.0 Å². The molecule has 1 N–H and O–H groups in total. The molecular formula is C11H13NO. The molecule has 0 radical (unpaired) electrons. The molecule has 13 heavy (non-hydrogen) atoms. The Balaban J connectivity index is 2.78. The number of hydrogen-bond donors (Lipinski definition) is 1. The Morgan fingerprint density at radius 2 is 2.00 bits per heavy atom. The molecule has 1 atom stereocenters. The third-order valence-corrected chi connectivity index (χ3v) is 2.38. The molecule has 2 rings (SSSR count). The van der Waals surface area contributed by atoms with Gasteiger partial charge in [-0.05, 0) is 13.0 Å². The van der Waals surface area contributed by atoms with E-state index in [1.54, 1.807) is 6.92 Å². The van der Waals surface area contributed by atoms with Crippen molar-refractivity contribution in [3.05, 3.63) is 36.0 Å². The van der Waals surface area contributed by atoms with Crippen molar-refractivity contribution in [2.75, 3.05) is 0 Å². The van der Waals surface area contributed by atoms with Gasteiger partial charge in [0.25, 0.3) is 0 Å². The van der Waals surface area contributed by atoms with Crippen LogP contribution in [0, 0.1) is 0 Å². The second-order valence-corrected chi connectivity index (χ2v) is 3.39. The number of aliphatic hydroxyl groups is 1. The van der Waals surface area contributed by atoms with Crippen molar-refractivity contribution in [3.8, 4) is 0 Å². The smallest absolute Gasteiger partial charge is 0.0782 e. The molecule has 0 saturated carbocycles. The quantitative estimate of drug-likeness (QED) is 0.706. The van der Waals surface area contributed by atoms with Crippen LogP contribution < -0.4 is 0 Å². The number of benzene rings is 1. The summed E-state index contributed by atoms with van der Waals surface area (Å²) in [5, 5.41) is 10.7. The predicted molar refractivity (Wildman–Crippen MR) is 53.6 cm³/mol. The van der Waals surface area contributed by atoms with E-state index in [0.29, 0.717) is 0 Å². The van der Waals surface area contributed by atoms with Gasteiger partial charge in [-0.2, -0.15) is 0 Å². The van der Waals surface area contributed by atoms with Crippen LogP contribution >= 0.6 is 0 Å². The molecule has 0 aliphatic carbocycles. The highest BCUT2D eigenvalue weighted by atomic mass is 16.3. The standard InChI is InChI=1S/C11H13NO/c1-8(13)10-7-12(2)11-6-4-3-5-9(10)11/h3-8,13H,1-2H3/t8-/m1/s1. The third-order valence-electron chi connectivity index (χ3n) is 2.38. The van der Waals surface area contributed by atoms with Crippen LogP contribution in [0.5, 0.6) is 0 Å². The van der Waals surface area contributed by atoms with Crippen molar-refractivity contribution < 1.29 is 5.11 Å². The molecule has 2 heteroatoms. The topological polar surface area (TPSA) is 25.2 Å². The summed E-state index contributed by atoms with van der Waals surface area (Å²) < 4.78 is 2.04. The molecule has 68 valence electrons. The fourth-order valence-corrected chi connectivity index (χ4v) is 1.71. The van der Waals surface area contributed by atoms with E-state index in [1.165, 1.54) is 5.52 Å². The van der Waals surface area contributed by atoms with Crippen LogP contribution in [0.15, 0.2) is 30.5 Å². The average molecular weight is 175 g/mol. The molecule has 2 aromatic rings. The molecule has 1 heterocycles. The molecule has 0 aliphatic rings. The predicted octanol–water partition coefficient (Wildman–Crippen LogP) is 2.23. The van der Waals surface area contributed by atoms with Gasteiger partial charge in [-0.3, -0.25) is 0 Å². The van der Waals surface area contributed by atoms with E-state index in [0.717, 1.165) is 10.9 Å².